The van der Waals surface area contributed by atoms with Crippen LogP contribution in [0.15, 0.2) is 127 Å². The van der Waals surface area contributed by atoms with Gasteiger partial charge in [-0.05, 0) is 191 Å². The quantitative estimate of drug-likeness (QED) is 0.0450. The molecule has 0 radical (unpaired) electrons. The number of benzene rings is 6. The number of nitrogens with zero attached hydrogens (tertiary/aromatic N) is 14. The Morgan fingerprint density at radius 3 is 1.05 bits per heavy atom. The van der Waals surface area contributed by atoms with Crippen LogP contribution in [0, 0.1) is 10.1 Å². The van der Waals surface area contributed by atoms with Crippen molar-refractivity contribution in [1.82, 2.24) is 36.1 Å². The summed E-state index contributed by atoms with van der Waals surface area (Å²) in [4.78, 5) is 57.7. The number of halogens is 1. The molecule has 5 N–H and O–H groups in total. The van der Waals surface area contributed by atoms with E-state index in [2.05, 4.69) is 145 Å². The average Bonchev–Trinajstić information content (AvgIpc) is 1.75. The largest absolute Gasteiger partial charge is 0.399 e. The minimum atomic E-state index is -0.336. The van der Waals surface area contributed by atoms with E-state index in [0.717, 1.165) is 159 Å². The van der Waals surface area contributed by atoms with Crippen molar-refractivity contribution in [3.63, 3.8) is 0 Å². The van der Waals surface area contributed by atoms with Crippen LogP contribution in [0.25, 0.3) is 32.7 Å². The van der Waals surface area contributed by atoms with Gasteiger partial charge >= 0.3 is 0 Å². The molecule has 99 heavy (non-hydrogen) atoms. The van der Waals surface area contributed by atoms with Crippen LogP contribution < -0.4 is 46.2 Å². The van der Waals surface area contributed by atoms with Gasteiger partial charge in [0.25, 0.3) is 5.69 Å². The third-order valence-corrected chi connectivity index (χ3v) is 21.7. The van der Waals surface area contributed by atoms with Gasteiger partial charge in [-0.15, -0.1) is 12.4 Å². The first-order valence-electron chi connectivity index (χ1n) is 35.4. The van der Waals surface area contributed by atoms with E-state index in [1.807, 2.05) is 12.1 Å². The van der Waals surface area contributed by atoms with E-state index in [1.54, 1.807) is 23.8 Å². The topological polar surface area (TPSA) is 204 Å². The number of hydrogen-bond donors (Lipinski definition) is 2. The summed E-state index contributed by atoms with van der Waals surface area (Å²) in [6.07, 6.45) is 17.9. The van der Waals surface area contributed by atoms with Crippen molar-refractivity contribution < 1.29 is 22.0 Å². The summed E-state index contributed by atoms with van der Waals surface area (Å²) >= 11 is 0. The van der Waals surface area contributed by atoms with Gasteiger partial charge in [-0.25, -0.2) is 29.9 Å². The van der Waals surface area contributed by atoms with Crippen LogP contribution in [0.1, 0.15) is 181 Å². The number of non-ortho nitro benzene ring substituents is 1. The normalized spacial score (nSPS) is 18.5. The van der Waals surface area contributed by atoms with Gasteiger partial charge in [0.2, 0.25) is 0 Å². The summed E-state index contributed by atoms with van der Waals surface area (Å²) in [6, 6.07) is 44.7. The minimum absolute atomic E-state index is 0. The molecule has 6 aliphatic heterocycles. The molecule has 9 aromatic rings. The summed E-state index contributed by atoms with van der Waals surface area (Å²) in [5.41, 5.74) is 20.0. The van der Waals surface area contributed by atoms with Gasteiger partial charge in [-0.2, -0.15) is 0 Å². The number of rotatable bonds is 14. The van der Waals surface area contributed by atoms with Crippen LogP contribution in [-0.4, -0.2) is 127 Å². The maximum atomic E-state index is 11.4. The molecule has 3 aliphatic carbocycles. The molecule has 0 spiro atoms. The molecule has 6 saturated heterocycles. The SMILES string of the molecule is C.C.CN(C)c1ccc2nc(C3CC3)nc(N3CCC(c4ccccc4N4CCC4)CC3)c2c1.Cl.N.Nc1ccc2nc(C3CC3)nc(N3CCC(c4ccccc4N4CCC4)CC3)c2c1.O=[N+]([O-])c1ccc2nc(C3CC3)nc(N3CCC(c4ccccc4N4CCC4)CC3)c2c1.[Fe]. The fourth-order valence-electron chi connectivity index (χ4n) is 15.3. The van der Waals surface area contributed by atoms with Crippen molar-refractivity contribution in [1.29, 1.82) is 0 Å². The first kappa shape index (κ1) is 72.2. The number of hydrogen-bond acceptors (Lipinski definition) is 17. The molecule has 9 aliphatic rings. The Morgan fingerprint density at radius 2 is 0.727 bits per heavy atom. The number of para-hydroxylation sites is 3. The number of nitrogen functional groups attached to an aromatic ring is 1. The number of nitrogens with two attached hydrogens (primary N) is 1. The van der Waals surface area contributed by atoms with Crippen molar-refractivity contribution in [2.45, 2.75) is 147 Å². The average molecular weight is 1400 g/mol. The van der Waals surface area contributed by atoms with Crippen molar-refractivity contribution in [3.05, 3.63) is 172 Å². The standard InChI is InChI=1S/C27H33N5.C25H27N5O2.C25H29N5.2CH4.ClH.Fe.H3N/c1-30(2)21-10-11-24-23(18-21)27(29-26(28-24)20-8-9-20)32-16-12-19(13-17-32)22-6-3-4-7-25(22)31-14-5-15-31;31-30(32)19-8-9-22-21(16-19)25(27-24(26-22)18-6-7-18)29-14-10-17(11-15-29)20-4-1-2-5-23(20)28-12-3-13-28;26-19-8-9-22-21(16-19)25(28-24(27-22)18-6-7-18)30-14-10-17(11-15-30)20-4-1-2-5-23(20)29-12-3-13-29;;;;;/h3-4,6-7,10-11,18-20H,5,8-9,12-17H2,1-2H3;1-2,4-5,8-9,16-18H,3,6-7,10-15H2;1-2,4-5,8-9,16-18H,3,6-7,10-15,26H2;2*1H4;1H;;1H3. The third kappa shape index (κ3) is 15.3. The molecule has 0 atom stereocenters. The third-order valence-electron chi connectivity index (χ3n) is 21.7. The van der Waals surface area contributed by atoms with E-state index in [9.17, 15) is 10.1 Å². The minimum Gasteiger partial charge on any atom is -0.399 e. The summed E-state index contributed by atoms with van der Waals surface area (Å²) in [6.45, 7) is 13.1. The Morgan fingerprint density at radius 1 is 0.404 bits per heavy atom. The van der Waals surface area contributed by atoms with Gasteiger partial charge in [0, 0.05) is 184 Å². The number of aromatic nitrogens is 6. The van der Waals surface area contributed by atoms with E-state index < -0.39 is 0 Å². The van der Waals surface area contributed by atoms with Crippen LogP contribution in [0.2, 0.25) is 0 Å². The second kappa shape index (κ2) is 31.2. The van der Waals surface area contributed by atoms with Crippen molar-refractivity contribution in [2.75, 3.05) is 133 Å². The van der Waals surface area contributed by atoms with Crippen LogP contribution in [-0.2, 0) is 17.1 Å². The Labute approximate surface area is 602 Å². The molecule has 18 rings (SSSR count). The van der Waals surface area contributed by atoms with Gasteiger partial charge in [-0.1, -0.05) is 69.5 Å². The van der Waals surface area contributed by atoms with Gasteiger partial charge < -0.3 is 46.2 Å². The predicted octanol–water partition coefficient (Wildman–Crippen LogP) is 16.7. The zero-order chi connectivity index (χ0) is 63.4. The van der Waals surface area contributed by atoms with Crippen LogP contribution in [0.5, 0.6) is 0 Å². The van der Waals surface area contributed by atoms with E-state index in [-0.39, 0.29) is 61.1 Å². The molecule has 0 bridgehead atoms. The fraction of sp³-hybridized carbons (Fsp3) is 0.468. The van der Waals surface area contributed by atoms with E-state index >= 15 is 0 Å². The van der Waals surface area contributed by atoms with Gasteiger partial charge in [0.1, 0.15) is 34.9 Å². The number of nitro benzene ring substituents is 1. The molecule has 6 aromatic carbocycles. The van der Waals surface area contributed by atoms with Gasteiger partial charge in [0.15, 0.2) is 0 Å². The van der Waals surface area contributed by atoms with Gasteiger partial charge in [0.05, 0.1) is 21.5 Å². The molecule has 3 aromatic heterocycles. The smallest absolute Gasteiger partial charge is 0.270 e. The summed E-state index contributed by atoms with van der Waals surface area (Å²) < 4.78 is 0. The van der Waals surface area contributed by atoms with Crippen LogP contribution in [0.3, 0.4) is 0 Å². The molecular weight excluding hydrogens is 1300 g/mol. The Balaban J connectivity index is 0.000000146. The molecule has 9 fully saturated rings. The molecule has 524 valence electrons. The van der Waals surface area contributed by atoms with E-state index in [0.29, 0.717) is 35.5 Å². The maximum Gasteiger partial charge on any atom is 0.270 e. The summed E-state index contributed by atoms with van der Waals surface area (Å²) in [5.74, 6) is 9.42. The first-order chi connectivity index (χ1) is 46.1. The monoisotopic (exact) mass is 1400 g/mol. The molecule has 9 heterocycles. The van der Waals surface area contributed by atoms with Crippen molar-refractivity contribution in [2.24, 2.45) is 0 Å². The zero-order valence-electron chi connectivity index (χ0n) is 56.3. The van der Waals surface area contributed by atoms with Crippen LogP contribution in [0.4, 0.5) is 51.6 Å². The van der Waals surface area contributed by atoms with E-state index in [1.165, 1.54) is 123 Å². The van der Waals surface area contributed by atoms with Gasteiger partial charge in [-0.3, -0.25) is 10.1 Å². The number of anilines is 8. The van der Waals surface area contributed by atoms with Crippen molar-refractivity contribution >= 4 is 96.7 Å². The Bertz CT molecular complexity index is 4260. The maximum absolute atomic E-state index is 11.4. The van der Waals surface area contributed by atoms with Crippen molar-refractivity contribution in [3.8, 4) is 0 Å². The molecule has 0 amide bonds. The number of fused-ring (bicyclic) bond motifs is 3. The predicted molar refractivity (Wildman–Crippen MR) is 408 cm³/mol. The number of piperidine rings is 3. The van der Waals surface area contributed by atoms with E-state index in [4.69, 9.17) is 35.6 Å². The molecular formula is C79H101ClFeN16O2. The molecule has 18 nitrogen and oxygen atoms in total. The Hall–Kier alpha value is -8.09. The zero-order valence-corrected chi connectivity index (χ0v) is 58.2. The molecule has 0 unspecified atom stereocenters. The van der Waals surface area contributed by atoms with Crippen LogP contribution >= 0.6 is 12.4 Å². The second-order valence-corrected chi connectivity index (χ2v) is 28.4. The summed E-state index contributed by atoms with van der Waals surface area (Å²) in [5, 5.41) is 14.5. The molecule has 20 heteroatoms. The fourth-order valence-corrected chi connectivity index (χ4v) is 15.3. The first-order valence-corrected chi connectivity index (χ1v) is 35.4. The Kier molecular flexibility index (Phi) is 22.8. The summed E-state index contributed by atoms with van der Waals surface area (Å²) in [7, 11) is 4.20. The second-order valence-electron chi connectivity index (χ2n) is 28.4. The molecule has 3 saturated carbocycles. The number of nitro groups is 1.